The number of rotatable bonds is 9. The first kappa shape index (κ1) is 24.9. The molecular weight excluding hydrogens is 461 g/mol. The van der Waals surface area contributed by atoms with Gasteiger partial charge in [0.1, 0.15) is 5.56 Å². The molecule has 0 aliphatic heterocycles. The minimum Gasteiger partial charge on any atom is -0.478 e. The number of nitrogens with one attached hydrogen (secondary N) is 2. The van der Waals surface area contributed by atoms with Gasteiger partial charge >= 0.3 is 12.1 Å². The number of nitrogens with zero attached hydrogens (tertiary/aromatic N) is 3. The van der Waals surface area contributed by atoms with E-state index in [2.05, 4.69) is 32.2 Å². The summed E-state index contributed by atoms with van der Waals surface area (Å²) in [7, 11) is 2.09. The summed E-state index contributed by atoms with van der Waals surface area (Å²) in [6, 6.07) is 4.68. The van der Waals surface area contributed by atoms with Crippen LogP contribution in [0.25, 0.3) is 22.2 Å². The molecule has 8 nitrogen and oxygen atoms in total. The summed E-state index contributed by atoms with van der Waals surface area (Å²) in [6.45, 7) is 1.63. The zero-order chi connectivity index (χ0) is 25.2. The predicted octanol–water partition coefficient (Wildman–Crippen LogP) is 4.35. The topological polar surface area (TPSA) is 120 Å². The van der Waals surface area contributed by atoms with Gasteiger partial charge < -0.3 is 26.0 Å². The standard InChI is InChI=1S/C24H29F3N6O2/c1-33(9-3-2-8-28)16-6-5-15(11-16)31-23-30-13-19(24(25,26)27)21(32-23)18-12-29-20-10-14(22(34)35)4-7-17(18)20/h4,7,10,12-13,15-16,29H,2-3,5-6,8-9,11,28H2,1H3,(H,34,35)(H,30,31,32)/t15-,16-/m0/s1. The van der Waals surface area contributed by atoms with E-state index in [0.29, 0.717) is 23.5 Å². The molecule has 2 aromatic heterocycles. The highest BCUT2D eigenvalue weighted by Crippen LogP contribution is 2.39. The van der Waals surface area contributed by atoms with Crippen molar-refractivity contribution in [3.63, 3.8) is 0 Å². The second-order valence-corrected chi connectivity index (χ2v) is 9.01. The lowest BCUT2D eigenvalue weighted by atomic mass is 10.0. The third kappa shape index (κ3) is 5.57. The van der Waals surface area contributed by atoms with Gasteiger partial charge in [-0.1, -0.05) is 6.07 Å². The van der Waals surface area contributed by atoms with Crippen molar-refractivity contribution in [3.05, 3.63) is 41.7 Å². The SMILES string of the molecule is CN(CCCCN)[C@H]1CC[C@H](Nc2ncc(C(F)(F)F)c(-c3c[nH]c4cc(C(=O)O)ccc34)n2)C1. The van der Waals surface area contributed by atoms with E-state index >= 15 is 0 Å². The van der Waals surface area contributed by atoms with E-state index < -0.39 is 17.7 Å². The highest BCUT2D eigenvalue weighted by atomic mass is 19.4. The van der Waals surface area contributed by atoms with E-state index in [9.17, 15) is 23.1 Å². The Morgan fingerprint density at radius 3 is 2.83 bits per heavy atom. The number of nitrogens with two attached hydrogens (primary N) is 1. The summed E-state index contributed by atoms with van der Waals surface area (Å²) in [5, 5.41) is 12.9. The number of aromatic carboxylic acids is 1. The van der Waals surface area contributed by atoms with Gasteiger partial charge in [0.15, 0.2) is 0 Å². The maximum absolute atomic E-state index is 13.8. The fourth-order valence-corrected chi connectivity index (χ4v) is 4.68. The van der Waals surface area contributed by atoms with Crippen molar-refractivity contribution in [3.8, 4) is 11.3 Å². The third-order valence-corrected chi connectivity index (χ3v) is 6.60. The first-order valence-corrected chi connectivity index (χ1v) is 11.6. The molecule has 2 atom stereocenters. The van der Waals surface area contributed by atoms with Crippen LogP contribution in [0, 0.1) is 0 Å². The van der Waals surface area contributed by atoms with Crippen LogP contribution in [0.5, 0.6) is 0 Å². The Bertz CT molecular complexity index is 1200. The number of hydrogen-bond acceptors (Lipinski definition) is 6. The molecule has 35 heavy (non-hydrogen) atoms. The van der Waals surface area contributed by atoms with Crippen molar-refractivity contribution >= 4 is 22.8 Å². The normalized spacial score (nSPS) is 18.5. The molecule has 1 aliphatic rings. The van der Waals surface area contributed by atoms with E-state index in [0.717, 1.165) is 44.8 Å². The maximum atomic E-state index is 13.8. The van der Waals surface area contributed by atoms with E-state index in [1.807, 2.05) is 0 Å². The number of H-pyrrole nitrogens is 1. The Kier molecular flexibility index (Phi) is 7.27. The molecule has 4 rings (SSSR count). The van der Waals surface area contributed by atoms with Crippen LogP contribution in [-0.2, 0) is 6.18 Å². The molecule has 2 heterocycles. The molecule has 0 amide bonds. The molecule has 1 saturated carbocycles. The molecule has 1 aliphatic carbocycles. The van der Waals surface area contributed by atoms with Crippen molar-refractivity contribution in [2.75, 3.05) is 25.5 Å². The van der Waals surface area contributed by atoms with E-state index in [1.54, 1.807) is 0 Å². The van der Waals surface area contributed by atoms with Crippen molar-refractivity contribution in [2.45, 2.75) is 50.4 Å². The summed E-state index contributed by atoms with van der Waals surface area (Å²) < 4.78 is 41.4. The minimum atomic E-state index is -4.65. The van der Waals surface area contributed by atoms with Gasteiger partial charge in [0.2, 0.25) is 5.95 Å². The Balaban J connectivity index is 1.58. The number of carboxylic acids is 1. The lowest BCUT2D eigenvalue weighted by Crippen LogP contribution is -2.32. The fraction of sp³-hybridized carbons (Fsp3) is 0.458. The van der Waals surface area contributed by atoms with Crippen LogP contribution in [0.4, 0.5) is 19.1 Å². The maximum Gasteiger partial charge on any atom is 0.419 e. The molecule has 0 spiro atoms. The minimum absolute atomic E-state index is 0.0378. The van der Waals surface area contributed by atoms with Crippen LogP contribution in [-0.4, -0.2) is 63.1 Å². The molecule has 1 fully saturated rings. The Morgan fingerprint density at radius 1 is 1.31 bits per heavy atom. The summed E-state index contributed by atoms with van der Waals surface area (Å²) in [6.07, 6.45) is 2.29. The number of fused-ring (bicyclic) bond motifs is 1. The lowest BCUT2D eigenvalue weighted by molar-refractivity contribution is -0.137. The van der Waals surface area contributed by atoms with Crippen LogP contribution in [0.3, 0.4) is 0 Å². The fourth-order valence-electron chi connectivity index (χ4n) is 4.68. The largest absolute Gasteiger partial charge is 0.478 e. The van der Waals surface area contributed by atoms with Crippen LogP contribution >= 0.6 is 0 Å². The summed E-state index contributed by atoms with van der Waals surface area (Å²) in [5.74, 6) is -0.978. The number of carbonyl (C=O) groups is 1. The zero-order valence-electron chi connectivity index (χ0n) is 19.4. The number of aromatic nitrogens is 3. The second-order valence-electron chi connectivity index (χ2n) is 9.01. The highest BCUT2D eigenvalue weighted by molar-refractivity contribution is 5.99. The molecule has 188 valence electrons. The third-order valence-electron chi connectivity index (χ3n) is 6.60. The lowest BCUT2D eigenvalue weighted by Gasteiger charge is -2.24. The Hall–Kier alpha value is -3.18. The molecule has 0 bridgehead atoms. The van der Waals surface area contributed by atoms with Gasteiger partial charge in [0.25, 0.3) is 0 Å². The zero-order valence-corrected chi connectivity index (χ0v) is 19.4. The van der Waals surface area contributed by atoms with Crippen molar-refractivity contribution in [1.29, 1.82) is 0 Å². The number of anilines is 1. The summed E-state index contributed by atoms with van der Waals surface area (Å²) in [4.78, 5) is 24.7. The Labute approximate surface area is 200 Å². The average molecular weight is 491 g/mol. The first-order valence-electron chi connectivity index (χ1n) is 11.6. The van der Waals surface area contributed by atoms with Crippen LogP contribution in [0.2, 0.25) is 0 Å². The van der Waals surface area contributed by atoms with Gasteiger partial charge in [-0.15, -0.1) is 0 Å². The number of unbranched alkanes of at least 4 members (excludes halogenated alkanes) is 1. The number of benzene rings is 1. The highest BCUT2D eigenvalue weighted by Gasteiger charge is 2.36. The van der Waals surface area contributed by atoms with Crippen molar-refractivity contribution in [1.82, 2.24) is 19.9 Å². The quantitative estimate of drug-likeness (QED) is 0.329. The van der Waals surface area contributed by atoms with Gasteiger partial charge in [-0.05, 0) is 64.4 Å². The number of hydrogen-bond donors (Lipinski definition) is 4. The van der Waals surface area contributed by atoms with Crippen molar-refractivity contribution < 1.29 is 23.1 Å². The average Bonchev–Trinajstić information content (AvgIpc) is 3.45. The molecule has 3 aromatic rings. The van der Waals surface area contributed by atoms with Crippen LogP contribution in [0.1, 0.15) is 48.0 Å². The van der Waals surface area contributed by atoms with Crippen LogP contribution in [0.15, 0.2) is 30.6 Å². The molecule has 0 saturated heterocycles. The van der Waals surface area contributed by atoms with E-state index in [-0.39, 0.29) is 28.8 Å². The summed E-state index contributed by atoms with van der Waals surface area (Å²) >= 11 is 0. The van der Waals surface area contributed by atoms with Gasteiger partial charge in [0.05, 0.1) is 11.3 Å². The smallest absolute Gasteiger partial charge is 0.419 e. The molecule has 1 aromatic carbocycles. The van der Waals surface area contributed by atoms with E-state index in [4.69, 9.17) is 5.73 Å². The number of alkyl halides is 3. The molecule has 11 heteroatoms. The van der Waals surface area contributed by atoms with Gasteiger partial charge in [-0.25, -0.2) is 14.8 Å². The summed E-state index contributed by atoms with van der Waals surface area (Å²) in [5.41, 5.74) is 5.06. The number of carboxylic acid groups (broad SMARTS) is 1. The number of aromatic amines is 1. The predicted molar refractivity (Wildman–Crippen MR) is 127 cm³/mol. The molecule has 5 N–H and O–H groups in total. The number of halogens is 3. The van der Waals surface area contributed by atoms with E-state index in [1.165, 1.54) is 24.4 Å². The molecule has 0 radical (unpaired) electrons. The Morgan fingerprint density at radius 2 is 2.11 bits per heavy atom. The molecule has 0 unspecified atom stereocenters. The van der Waals surface area contributed by atoms with Crippen LogP contribution < -0.4 is 11.1 Å². The molecular formula is C24H29F3N6O2. The van der Waals surface area contributed by atoms with Crippen molar-refractivity contribution in [2.24, 2.45) is 5.73 Å². The second kappa shape index (κ2) is 10.2. The van der Waals surface area contributed by atoms with Gasteiger partial charge in [-0.2, -0.15) is 13.2 Å². The van der Waals surface area contributed by atoms with Gasteiger partial charge in [-0.3, -0.25) is 0 Å². The monoisotopic (exact) mass is 490 g/mol. The van der Waals surface area contributed by atoms with Gasteiger partial charge in [0, 0.05) is 40.9 Å². The first-order chi connectivity index (χ1) is 16.7.